The van der Waals surface area contributed by atoms with Gasteiger partial charge in [-0.1, -0.05) is 23.7 Å². The van der Waals surface area contributed by atoms with Crippen molar-refractivity contribution in [2.24, 2.45) is 0 Å². The van der Waals surface area contributed by atoms with Crippen LogP contribution in [0, 0.1) is 0 Å². The van der Waals surface area contributed by atoms with Gasteiger partial charge in [-0.2, -0.15) is 0 Å². The van der Waals surface area contributed by atoms with Gasteiger partial charge in [0.15, 0.2) is 0 Å². The standard InChI is InChI=1S/C17H17ClN2O3/c1-11(19-16(22)12-5-8-23-10-12)15(21)20-17(6-7-17)13-3-2-4-14(18)9-13/h2-5,8-11H,6-7H2,1H3,(H,19,22)(H,20,21)/t11-/m1/s1. The van der Waals surface area contributed by atoms with Crippen LogP contribution in [0.3, 0.4) is 0 Å². The molecule has 1 saturated carbocycles. The number of furan rings is 1. The Balaban J connectivity index is 1.63. The minimum Gasteiger partial charge on any atom is -0.472 e. The third-order valence-electron chi connectivity index (χ3n) is 4.01. The van der Waals surface area contributed by atoms with E-state index in [1.807, 2.05) is 18.2 Å². The normalized spacial score (nSPS) is 16.4. The van der Waals surface area contributed by atoms with Gasteiger partial charge in [0.1, 0.15) is 12.3 Å². The van der Waals surface area contributed by atoms with Gasteiger partial charge in [0.2, 0.25) is 5.91 Å². The van der Waals surface area contributed by atoms with Gasteiger partial charge in [-0.25, -0.2) is 0 Å². The van der Waals surface area contributed by atoms with E-state index in [0.29, 0.717) is 10.6 Å². The highest BCUT2D eigenvalue weighted by atomic mass is 35.5. The fourth-order valence-corrected chi connectivity index (χ4v) is 2.67. The molecule has 2 aromatic rings. The molecule has 1 aliphatic rings. The molecule has 1 aliphatic carbocycles. The Morgan fingerprint density at radius 3 is 2.70 bits per heavy atom. The fraction of sp³-hybridized carbons (Fsp3) is 0.294. The molecule has 0 bridgehead atoms. The Kier molecular flexibility index (Phi) is 4.13. The van der Waals surface area contributed by atoms with Crippen molar-refractivity contribution in [3.8, 4) is 0 Å². The molecule has 0 spiro atoms. The van der Waals surface area contributed by atoms with E-state index >= 15 is 0 Å². The second kappa shape index (κ2) is 6.08. The van der Waals surface area contributed by atoms with Gasteiger partial charge < -0.3 is 15.1 Å². The molecular formula is C17H17ClN2O3. The molecule has 23 heavy (non-hydrogen) atoms. The molecule has 120 valence electrons. The maximum Gasteiger partial charge on any atom is 0.255 e. The summed E-state index contributed by atoms with van der Waals surface area (Å²) in [5.41, 5.74) is 1.02. The average molecular weight is 333 g/mol. The number of amides is 2. The van der Waals surface area contributed by atoms with Crippen molar-refractivity contribution in [3.63, 3.8) is 0 Å². The highest BCUT2D eigenvalue weighted by Crippen LogP contribution is 2.46. The van der Waals surface area contributed by atoms with Gasteiger partial charge in [-0.05, 0) is 43.5 Å². The number of carbonyl (C=O) groups is 2. The van der Waals surface area contributed by atoms with Gasteiger partial charge in [-0.15, -0.1) is 0 Å². The zero-order valence-corrected chi connectivity index (χ0v) is 13.4. The van der Waals surface area contributed by atoms with Crippen molar-refractivity contribution in [1.82, 2.24) is 10.6 Å². The van der Waals surface area contributed by atoms with E-state index in [1.54, 1.807) is 19.1 Å². The van der Waals surface area contributed by atoms with Crippen molar-refractivity contribution in [2.75, 3.05) is 0 Å². The number of rotatable bonds is 5. The number of carbonyl (C=O) groups excluding carboxylic acids is 2. The molecule has 1 fully saturated rings. The van der Waals surface area contributed by atoms with Crippen LogP contribution in [0.15, 0.2) is 47.3 Å². The Hall–Kier alpha value is -2.27. The summed E-state index contributed by atoms with van der Waals surface area (Å²) in [4.78, 5) is 24.3. The first-order chi connectivity index (χ1) is 11.0. The van der Waals surface area contributed by atoms with Crippen LogP contribution in [-0.2, 0) is 10.3 Å². The predicted molar refractivity (Wildman–Crippen MR) is 86.1 cm³/mol. The van der Waals surface area contributed by atoms with Crippen LogP contribution in [0.5, 0.6) is 0 Å². The molecule has 0 saturated heterocycles. The molecule has 6 heteroatoms. The summed E-state index contributed by atoms with van der Waals surface area (Å²) >= 11 is 6.03. The van der Waals surface area contributed by atoms with Crippen LogP contribution in [-0.4, -0.2) is 17.9 Å². The van der Waals surface area contributed by atoms with Crippen molar-refractivity contribution < 1.29 is 14.0 Å². The number of hydrogen-bond acceptors (Lipinski definition) is 3. The quantitative estimate of drug-likeness (QED) is 0.884. The maximum absolute atomic E-state index is 12.4. The van der Waals surface area contributed by atoms with Crippen molar-refractivity contribution in [3.05, 3.63) is 59.0 Å². The lowest BCUT2D eigenvalue weighted by Gasteiger charge is -2.21. The lowest BCUT2D eigenvalue weighted by atomic mass is 10.0. The van der Waals surface area contributed by atoms with Crippen molar-refractivity contribution in [2.45, 2.75) is 31.3 Å². The van der Waals surface area contributed by atoms with E-state index in [4.69, 9.17) is 16.0 Å². The summed E-state index contributed by atoms with van der Waals surface area (Å²) in [7, 11) is 0. The third-order valence-corrected chi connectivity index (χ3v) is 4.25. The molecule has 1 atom stereocenters. The summed E-state index contributed by atoms with van der Waals surface area (Å²) in [5.74, 6) is -0.562. The monoisotopic (exact) mass is 332 g/mol. The number of benzene rings is 1. The molecule has 1 aromatic heterocycles. The molecular weight excluding hydrogens is 316 g/mol. The first-order valence-electron chi connectivity index (χ1n) is 7.41. The average Bonchev–Trinajstić information content (AvgIpc) is 3.10. The summed E-state index contributed by atoms with van der Waals surface area (Å²) in [6, 6.07) is 8.39. The largest absolute Gasteiger partial charge is 0.472 e. The van der Waals surface area contributed by atoms with Crippen LogP contribution in [0.4, 0.5) is 0 Å². The van der Waals surface area contributed by atoms with Gasteiger partial charge in [0, 0.05) is 5.02 Å². The lowest BCUT2D eigenvalue weighted by molar-refractivity contribution is -0.123. The Labute approximate surface area is 139 Å². The van der Waals surface area contributed by atoms with Gasteiger partial charge in [-0.3, -0.25) is 9.59 Å². The molecule has 3 rings (SSSR count). The number of nitrogens with one attached hydrogen (secondary N) is 2. The number of hydrogen-bond donors (Lipinski definition) is 2. The smallest absolute Gasteiger partial charge is 0.255 e. The van der Waals surface area contributed by atoms with E-state index in [0.717, 1.165) is 18.4 Å². The van der Waals surface area contributed by atoms with Crippen LogP contribution in [0.25, 0.3) is 0 Å². The first kappa shape index (κ1) is 15.6. The SMILES string of the molecule is C[C@@H](NC(=O)c1ccoc1)C(=O)NC1(c2cccc(Cl)c2)CC1. The lowest BCUT2D eigenvalue weighted by Crippen LogP contribution is -2.48. The van der Waals surface area contributed by atoms with Crippen LogP contribution < -0.4 is 10.6 Å². The first-order valence-corrected chi connectivity index (χ1v) is 7.79. The highest BCUT2D eigenvalue weighted by Gasteiger charge is 2.46. The molecule has 2 N–H and O–H groups in total. The molecule has 5 nitrogen and oxygen atoms in total. The maximum atomic E-state index is 12.4. The van der Waals surface area contributed by atoms with E-state index in [9.17, 15) is 9.59 Å². The van der Waals surface area contributed by atoms with Crippen molar-refractivity contribution >= 4 is 23.4 Å². The number of halogens is 1. The zero-order valence-electron chi connectivity index (χ0n) is 12.6. The Morgan fingerprint density at radius 2 is 2.09 bits per heavy atom. The van der Waals surface area contributed by atoms with E-state index < -0.39 is 6.04 Å². The summed E-state index contributed by atoms with van der Waals surface area (Å²) in [6.07, 6.45) is 4.48. The topological polar surface area (TPSA) is 71.3 Å². The van der Waals surface area contributed by atoms with E-state index in [2.05, 4.69) is 10.6 Å². The molecule has 1 aromatic carbocycles. The summed E-state index contributed by atoms with van der Waals surface area (Å²) in [6.45, 7) is 1.65. The predicted octanol–water partition coefficient (Wildman–Crippen LogP) is 2.86. The summed E-state index contributed by atoms with van der Waals surface area (Å²) in [5, 5.41) is 6.33. The van der Waals surface area contributed by atoms with Crippen LogP contribution in [0.1, 0.15) is 35.7 Å². The van der Waals surface area contributed by atoms with Gasteiger partial charge in [0.25, 0.3) is 5.91 Å². The van der Waals surface area contributed by atoms with E-state index in [1.165, 1.54) is 12.5 Å². The third kappa shape index (κ3) is 3.40. The van der Waals surface area contributed by atoms with Crippen LogP contribution >= 0.6 is 11.6 Å². The minimum absolute atomic E-state index is 0.223. The highest BCUT2D eigenvalue weighted by molar-refractivity contribution is 6.30. The molecule has 1 heterocycles. The van der Waals surface area contributed by atoms with Gasteiger partial charge in [0.05, 0.1) is 17.4 Å². The molecule has 0 aliphatic heterocycles. The van der Waals surface area contributed by atoms with Crippen molar-refractivity contribution in [1.29, 1.82) is 0 Å². The van der Waals surface area contributed by atoms with Gasteiger partial charge >= 0.3 is 0 Å². The Bertz CT molecular complexity index is 723. The second-order valence-electron chi connectivity index (χ2n) is 5.79. The second-order valence-corrected chi connectivity index (χ2v) is 6.23. The fourth-order valence-electron chi connectivity index (χ4n) is 2.48. The summed E-state index contributed by atoms with van der Waals surface area (Å²) < 4.78 is 4.86. The minimum atomic E-state index is -0.644. The molecule has 0 radical (unpaired) electrons. The van der Waals surface area contributed by atoms with E-state index in [-0.39, 0.29) is 17.4 Å². The van der Waals surface area contributed by atoms with Crippen LogP contribution in [0.2, 0.25) is 5.02 Å². The zero-order chi connectivity index (χ0) is 16.4. The molecule has 2 amide bonds. The molecule has 0 unspecified atom stereocenters. The Morgan fingerprint density at radius 1 is 1.30 bits per heavy atom.